The van der Waals surface area contributed by atoms with Gasteiger partial charge in [-0.3, -0.25) is 14.5 Å². The topological polar surface area (TPSA) is 68.1 Å². The molecule has 0 saturated heterocycles. The molecule has 2 amide bonds. The summed E-state index contributed by atoms with van der Waals surface area (Å²) in [5.41, 5.74) is 0.928. The molecule has 0 spiro atoms. The molecule has 1 aromatic heterocycles. The van der Waals surface area contributed by atoms with Crippen molar-refractivity contribution in [3.05, 3.63) is 41.7 Å². The van der Waals surface area contributed by atoms with Gasteiger partial charge in [0.2, 0.25) is 0 Å². The van der Waals surface area contributed by atoms with E-state index >= 15 is 0 Å². The van der Waals surface area contributed by atoms with Crippen LogP contribution in [0.15, 0.2) is 35.7 Å². The molecule has 2 heterocycles. The Kier molecular flexibility index (Phi) is 2.83. The van der Waals surface area contributed by atoms with Crippen molar-refractivity contribution in [2.24, 2.45) is 7.05 Å². The van der Waals surface area contributed by atoms with Crippen LogP contribution in [0.3, 0.4) is 0 Å². The van der Waals surface area contributed by atoms with Gasteiger partial charge in [0, 0.05) is 7.05 Å². The fourth-order valence-electron chi connectivity index (χ4n) is 1.88. The lowest BCUT2D eigenvalue weighted by atomic mass is 10.1. The molecule has 0 bridgehead atoms. The van der Waals surface area contributed by atoms with Gasteiger partial charge in [-0.2, -0.15) is 0 Å². The maximum atomic E-state index is 12.1. The van der Waals surface area contributed by atoms with Gasteiger partial charge >= 0.3 is 0 Å². The van der Waals surface area contributed by atoms with Gasteiger partial charge in [-0.25, -0.2) is 0 Å². The van der Waals surface area contributed by atoms with Gasteiger partial charge in [0.25, 0.3) is 11.8 Å². The van der Waals surface area contributed by atoms with Crippen molar-refractivity contribution in [1.29, 1.82) is 0 Å². The van der Waals surface area contributed by atoms with E-state index in [0.29, 0.717) is 16.3 Å². The summed E-state index contributed by atoms with van der Waals surface area (Å²) in [6.45, 7) is 0. The van der Waals surface area contributed by atoms with Crippen LogP contribution < -0.4 is 0 Å². The van der Waals surface area contributed by atoms with Gasteiger partial charge in [-0.1, -0.05) is 23.9 Å². The zero-order valence-electron chi connectivity index (χ0n) is 10.1. The molecule has 3 rings (SSSR count). The number of rotatable bonds is 3. The molecular formula is C12H10N4O2S. The van der Waals surface area contributed by atoms with Crippen LogP contribution in [0, 0.1) is 0 Å². The van der Waals surface area contributed by atoms with Gasteiger partial charge in [0.1, 0.15) is 6.33 Å². The molecule has 0 aliphatic carbocycles. The number of fused-ring (bicyclic) bond motifs is 1. The summed E-state index contributed by atoms with van der Waals surface area (Å²) < 4.78 is 1.74. The van der Waals surface area contributed by atoms with Gasteiger partial charge < -0.3 is 4.57 Å². The van der Waals surface area contributed by atoms with Gasteiger partial charge in [-0.05, 0) is 12.1 Å². The van der Waals surface area contributed by atoms with E-state index in [2.05, 4.69) is 10.2 Å². The highest BCUT2D eigenvalue weighted by Gasteiger charge is 2.35. The maximum absolute atomic E-state index is 12.1. The molecule has 0 atom stereocenters. The summed E-state index contributed by atoms with van der Waals surface area (Å²) in [7, 11) is 1.81. The summed E-state index contributed by atoms with van der Waals surface area (Å²) in [5, 5.41) is 8.31. The molecule has 0 radical (unpaired) electrons. The van der Waals surface area contributed by atoms with E-state index in [4.69, 9.17) is 0 Å². The molecule has 0 fully saturated rings. The molecule has 19 heavy (non-hydrogen) atoms. The predicted octanol–water partition coefficient (Wildman–Crippen LogP) is 1.16. The van der Waals surface area contributed by atoms with E-state index in [1.54, 1.807) is 35.2 Å². The number of hydrogen-bond acceptors (Lipinski definition) is 5. The summed E-state index contributed by atoms with van der Waals surface area (Å²) in [4.78, 5) is 25.4. The van der Waals surface area contributed by atoms with Crippen molar-refractivity contribution in [1.82, 2.24) is 19.7 Å². The van der Waals surface area contributed by atoms with Crippen LogP contribution in [0.1, 0.15) is 20.7 Å². The highest BCUT2D eigenvalue weighted by atomic mass is 32.2. The predicted molar refractivity (Wildman–Crippen MR) is 68.7 cm³/mol. The lowest BCUT2D eigenvalue weighted by molar-refractivity contribution is 0.0684. The lowest BCUT2D eigenvalue weighted by Gasteiger charge is -2.12. The summed E-state index contributed by atoms with van der Waals surface area (Å²) in [5.74, 6) is -0.274. The highest BCUT2D eigenvalue weighted by Crippen LogP contribution is 2.25. The van der Waals surface area contributed by atoms with Crippen molar-refractivity contribution in [2.45, 2.75) is 5.16 Å². The Hall–Kier alpha value is -2.15. The summed E-state index contributed by atoms with van der Waals surface area (Å²) in [6.07, 6.45) is 1.57. The number of aromatic nitrogens is 3. The fraction of sp³-hybridized carbons (Fsp3) is 0.167. The van der Waals surface area contributed by atoms with Crippen LogP contribution >= 0.6 is 11.8 Å². The molecular weight excluding hydrogens is 264 g/mol. The Labute approximate surface area is 113 Å². The minimum atomic E-state index is -0.254. The third-order valence-corrected chi connectivity index (χ3v) is 3.89. The van der Waals surface area contributed by atoms with Crippen LogP contribution in [0.4, 0.5) is 0 Å². The molecule has 1 aromatic carbocycles. The van der Waals surface area contributed by atoms with Crippen molar-refractivity contribution in [3.8, 4) is 0 Å². The van der Waals surface area contributed by atoms with Crippen molar-refractivity contribution >= 4 is 23.6 Å². The molecule has 0 unspecified atom stereocenters. The van der Waals surface area contributed by atoms with Crippen LogP contribution in [0.5, 0.6) is 0 Å². The molecule has 96 valence electrons. The molecule has 7 heteroatoms. The number of nitrogens with zero attached hydrogens (tertiary/aromatic N) is 4. The molecule has 1 aliphatic heterocycles. The Morgan fingerprint density at radius 1 is 1.16 bits per heavy atom. The average Bonchev–Trinajstić information content (AvgIpc) is 2.93. The SMILES string of the molecule is Cn1cnnc1SCN1C(=O)c2ccccc2C1=O. The Bertz CT molecular complexity index is 632. The van der Waals surface area contributed by atoms with Crippen molar-refractivity contribution in [3.63, 3.8) is 0 Å². The van der Waals surface area contributed by atoms with Crippen LogP contribution in [0.2, 0.25) is 0 Å². The largest absolute Gasteiger partial charge is 0.312 e. The molecule has 1 aliphatic rings. The van der Waals surface area contributed by atoms with Crippen LogP contribution in [-0.2, 0) is 7.05 Å². The minimum absolute atomic E-state index is 0.235. The Morgan fingerprint density at radius 3 is 2.32 bits per heavy atom. The van der Waals surface area contributed by atoms with Crippen molar-refractivity contribution < 1.29 is 9.59 Å². The molecule has 6 nitrogen and oxygen atoms in total. The zero-order valence-corrected chi connectivity index (χ0v) is 10.9. The number of thioether (sulfide) groups is 1. The van der Waals surface area contributed by atoms with Gasteiger partial charge in [0.05, 0.1) is 17.0 Å². The van der Waals surface area contributed by atoms with E-state index < -0.39 is 0 Å². The lowest BCUT2D eigenvalue weighted by Crippen LogP contribution is -2.29. The first-order valence-corrected chi connectivity index (χ1v) is 6.59. The van der Waals surface area contributed by atoms with Gasteiger partial charge in [-0.15, -0.1) is 10.2 Å². The molecule has 2 aromatic rings. The number of carbonyl (C=O) groups is 2. The number of carbonyl (C=O) groups excluding carboxylic acids is 2. The first-order valence-electron chi connectivity index (χ1n) is 5.60. The number of benzene rings is 1. The fourth-order valence-corrected chi connectivity index (χ4v) is 2.72. The normalized spacial score (nSPS) is 14.1. The first-order chi connectivity index (χ1) is 9.18. The van der Waals surface area contributed by atoms with E-state index in [-0.39, 0.29) is 17.7 Å². The number of imide groups is 1. The van der Waals surface area contributed by atoms with Crippen LogP contribution in [-0.4, -0.2) is 37.4 Å². The average molecular weight is 274 g/mol. The monoisotopic (exact) mass is 274 g/mol. The number of amides is 2. The third-order valence-electron chi connectivity index (χ3n) is 2.87. The second-order valence-corrected chi connectivity index (χ2v) is 4.99. The van der Waals surface area contributed by atoms with E-state index in [0.717, 1.165) is 0 Å². The second kappa shape index (κ2) is 4.51. The number of aryl methyl sites for hydroxylation is 1. The zero-order chi connectivity index (χ0) is 13.4. The Balaban J connectivity index is 1.79. The summed E-state index contributed by atoms with van der Waals surface area (Å²) in [6, 6.07) is 6.85. The van der Waals surface area contributed by atoms with E-state index in [9.17, 15) is 9.59 Å². The maximum Gasteiger partial charge on any atom is 0.262 e. The number of hydrogen-bond donors (Lipinski definition) is 0. The highest BCUT2D eigenvalue weighted by molar-refractivity contribution is 7.99. The molecule has 0 N–H and O–H groups in total. The van der Waals surface area contributed by atoms with E-state index in [1.807, 2.05) is 7.05 Å². The molecule has 0 saturated carbocycles. The first kappa shape index (κ1) is 11.9. The van der Waals surface area contributed by atoms with Crippen LogP contribution in [0.25, 0.3) is 0 Å². The van der Waals surface area contributed by atoms with Crippen molar-refractivity contribution in [2.75, 3.05) is 5.88 Å². The third kappa shape index (κ3) is 1.91. The summed E-state index contributed by atoms with van der Waals surface area (Å²) >= 11 is 1.30. The minimum Gasteiger partial charge on any atom is -0.312 e. The quantitative estimate of drug-likeness (QED) is 0.620. The van der Waals surface area contributed by atoms with Gasteiger partial charge in [0.15, 0.2) is 5.16 Å². The second-order valence-electron chi connectivity index (χ2n) is 4.08. The van der Waals surface area contributed by atoms with E-state index in [1.165, 1.54) is 16.7 Å². The standard InChI is InChI=1S/C12H10N4O2S/c1-15-6-13-14-12(15)19-7-16-10(17)8-4-2-3-5-9(8)11(16)18/h2-6H,7H2,1H3. The smallest absolute Gasteiger partial charge is 0.262 e. The Morgan fingerprint density at radius 2 is 1.79 bits per heavy atom.